The van der Waals surface area contributed by atoms with E-state index >= 15 is 0 Å². The molecule has 1 N–H and O–H groups in total. The molecule has 0 radical (unpaired) electrons. The lowest BCUT2D eigenvalue weighted by atomic mass is 9.72. The molecule has 5 nitrogen and oxygen atoms in total. The molecule has 1 saturated carbocycles. The monoisotopic (exact) mass is 372 g/mol. The highest BCUT2D eigenvalue weighted by Crippen LogP contribution is 2.47. The van der Waals surface area contributed by atoms with E-state index in [9.17, 15) is 4.79 Å². The largest absolute Gasteiger partial charge is 0.497 e. The van der Waals surface area contributed by atoms with Crippen molar-refractivity contribution in [3.8, 4) is 5.75 Å². The van der Waals surface area contributed by atoms with Crippen molar-refractivity contribution in [3.05, 3.63) is 29.8 Å². The fourth-order valence-electron chi connectivity index (χ4n) is 5.56. The van der Waals surface area contributed by atoms with E-state index in [-0.39, 0.29) is 10.8 Å². The van der Waals surface area contributed by atoms with Gasteiger partial charge >= 0.3 is 0 Å². The van der Waals surface area contributed by atoms with Crippen LogP contribution in [0.1, 0.15) is 37.7 Å². The van der Waals surface area contributed by atoms with Crippen molar-refractivity contribution < 1.29 is 14.3 Å². The Kier molecular flexibility index (Phi) is 5.17. The summed E-state index contributed by atoms with van der Waals surface area (Å²) in [4.78, 5) is 15.8. The number of piperidine rings is 1. The van der Waals surface area contributed by atoms with Gasteiger partial charge in [0.15, 0.2) is 0 Å². The molecule has 148 valence electrons. The summed E-state index contributed by atoms with van der Waals surface area (Å²) in [5, 5.41) is 3.35. The van der Waals surface area contributed by atoms with Gasteiger partial charge in [0, 0.05) is 38.7 Å². The third-order valence-corrected chi connectivity index (χ3v) is 7.06. The molecule has 2 saturated heterocycles. The smallest absolute Gasteiger partial charge is 0.231 e. The number of likely N-dealkylation sites (tertiary alicyclic amines) is 1. The number of hydrogen-bond donors (Lipinski definition) is 1. The summed E-state index contributed by atoms with van der Waals surface area (Å²) in [6.07, 6.45) is 6.91. The average molecular weight is 373 g/mol. The van der Waals surface area contributed by atoms with E-state index in [0.717, 1.165) is 51.2 Å². The molecule has 0 bridgehead atoms. The van der Waals surface area contributed by atoms with E-state index in [2.05, 4.69) is 22.3 Å². The third-order valence-electron chi connectivity index (χ3n) is 7.06. The number of hydrogen-bond acceptors (Lipinski definition) is 4. The zero-order valence-corrected chi connectivity index (χ0v) is 16.6. The van der Waals surface area contributed by atoms with E-state index in [1.807, 2.05) is 19.2 Å². The Bertz CT molecular complexity index is 688. The number of nitrogens with zero attached hydrogens (tertiary/aromatic N) is 1. The normalized spacial score (nSPS) is 29.6. The predicted molar refractivity (Wildman–Crippen MR) is 105 cm³/mol. The highest BCUT2D eigenvalue weighted by atomic mass is 16.5. The van der Waals surface area contributed by atoms with Crippen LogP contribution in [0.15, 0.2) is 24.3 Å². The Hall–Kier alpha value is -1.59. The summed E-state index contributed by atoms with van der Waals surface area (Å²) in [5.74, 6) is 1.18. The standard InChI is InChI=1S/C22H32N2O3/c1-26-18-7-3-6-17(12-18)13-22(14-23-15-22)20(25)24-11-5-10-21(16-24)9-4-8-19(21)27-2/h3,6-7,12,19,23H,4-5,8-11,13-16H2,1-2H3/t19-,21+/m1/s1. The molecular formula is C22H32N2O3. The number of ether oxygens (including phenoxy) is 2. The van der Waals surface area contributed by atoms with Crippen LogP contribution in [-0.4, -0.2) is 57.3 Å². The van der Waals surface area contributed by atoms with Gasteiger partial charge in [-0.25, -0.2) is 0 Å². The Morgan fingerprint density at radius 1 is 1.26 bits per heavy atom. The lowest BCUT2D eigenvalue weighted by Crippen LogP contribution is -2.65. The molecule has 0 unspecified atom stereocenters. The van der Waals surface area contributed by atoms with Gasteiger partial charge in [-0.3, -0.25) is 4.79 Å². The fourth-order valence-corrected chi connectivity index (χ4v) is 5.56. The Morgan fingerprint density at radius 3 is 2.78 bits per heavy atom. The van der Waals surface area contributed by atoms with Crippen LogP contribution in [0.2, 0.25) is 0 Å². The van der Waals surface area contributed by atoms with Crippen molar-refractivity contribution in [2.24, 2.45) is 10.8 Å². The maximum absolute atomic E-state index is 13.6. The van der Waals surface area contributed by atoms with Gasteiger partial charge in [-0.2, -0.15) is 0 Å². The van der Waals surface area contributed by atoms with Crippen molar-refractivity contribution in [2.45, 2.75) is 44.6 Å². The molecule has 4 rings (SSSR count). The number of nitrogens with one attached hydrogen (secondary N) is 1. The summed E-state index contributed by atoms with van der Waals surface area (Å²) in [7, 11) is 3.52. The van der Waals surface area contributed by atoms with Crippen LogP contribution in [-0.2, 0) is 16.0 Å². The number of carbonyl (C=O) groups is 1. The van der Waals surface area contributed by atoms with Crippen molar-refractivity contribution in [1.29, 1.82) is 0 Å². The van der Waals surface area contributed by atoms with Crippen LogP contribution < -0.4 is 10.1 Å². The molecule has 27 heavy (non-hydrogen) atoms. The molecule has 1 aromatic carbocycles. The van der Waals surface area contributed by atoms with Crippen LogP contribution in [0.25, 0.3) is 0 Å². The van der Waals surface area contributed by atoms with Gasteiger partial charge < -0.3 is 19.7 Å². The summed E-state index contributed by atoms with van der Waals surface area (Å²) in [5.41, 5.74) is 1.04. The maximum Gasteiger partial charge on any atom is 0.231 e. The van der Waals surface area contributed by atoms with Crippen LogP contribution in [0, 0.1) is 10.8 Å². The average Bonchev–Trinajstić information content (AvgIpc) is 3.06. The number of carbonyl (C=O) groups excluding carboxylic acids is 1. The number of methoxy groups -OCH3 is 2. The van der Waals surface area contributed by atoms with Crippen LogP contribution >= 0.6 is 0 Å². The van der Waals surface area contributed by atoms with Gasteiger partial charge in [0.25, 0.3) is 0 Å². The first-order valence-electron chi connectivity index (χ1n) is 10.3. The van der Waals surface area contributed by atoms with Crippen molar-refractivity contribution in [2.75, 3.05) is 40.4 Å². The molecule has 2 atom stereocenters. The lowest BCUT2D eigenvalue weighted by molar-refractivity contribution is -0.151. The van der Waals surface area contributed by atoms with Gasteiger partial charge in [-0.05, 0) is 49.8 Å². The van der Waals surface area contributed by atoms with E-state index in [4.69, 9.17) is 9.47 Å². The minimum atomic E-state index is -0.313. The second-order valence-corrected chi connectivity index (χ2v) is 8.72. The van der Waals surface area contributed by atoms with Crippen molar-refractivity contribution >= 4 is 5.91 Å². The molecule has 1 aliphatic carbocycles. The molecule has 5 heteroatoms. The van der Waals surface area contributed by atoms with Gasteiger partial charge in [-0.15, -0.1) is 0 Å². The van der Waals surface area contributed by atoms with Crippen molar-refractivity contribution in [1.82, 2.24) is 10.2 Å². The van der Waals surface area contributed by atoms with Crippen LogP contribution in [0.3, 0.4) is 0 Å². The first kappa shape index (κ1) is 18.8. The van der Waals surface area contributed by atoms with Crippen LogP contribution in [0.5, 0.6) is 5.75 Å². The SMILES string of the molecule is COc1cccc(CC2(C(=O)N3CCC[C@@]4(CCC[C@H]4OC)C3)CNC2)c1. The quantitative estimate of drug-likeness (QED) is 0.863. The molecule has 1 aromatic rings. The Balaban J connectivity index is 1.51. The second kappa shape index (κ2) is 7.44. The summed E-state index contributed by atoms with van der Waals surface area (Å²) in [6.45, 7) is 3.28. The molecule has 1 amide bonds. The zero-order valence-electron chi connectivity index (χ0n) is 16.6. The van der Waals surface area contributed by atoms with E-state index in [1.54, 1.807) is 7.11 Å². The first-order valence-corrected chi connectivity index (χ1v) is 10.3. The molecule has 2 heterocycles. The van der Waals surface area contributed by atoms with Gasteiger partial charge in [0.1, 0.15) is 5.75 Å². The van der Waals surface area contributed by atoms with Gasteiger partial charge in [-0.1, -0.05) is 18.6 Å². The molecule has 0 aromatic heterocycles. The third kappa shape index (κ3) is 3.36. The zero-order chi connectivity index (χ0) is 18.9. The number of amides is 1. The molecule has 3 fully saturated rings. The minimum Gasteiger partial charge on any atom is -0.497 e. The van der Waals surface area contributed by atoms with Crippen molar-refractivity contribution in [3.63, 3.8) is 0 Å². The lowest BCUT2D eigenvalue weighted by Gasteiger charge is -2.49. The summed E-state index contributed by atoms with van der Waals surface area (Å²) in [6, 6.07) is 8.13. The second-order valence-electron chi connectivity index (χ2n) is 8.72. The van der Waals surface area contributed by atoms with Crippen LogP contribution in [0.4, 0.5) is 0 Å². The molecular weight excluding hydrogens is 340 g/mol. The fraction of sp³-hybridized carbons (Fsp3) is 0.682. The summed E-state index contributed by atoms with van der Waals surface area (Å²) < 4.78 is 11.2. The van der Waals surface area contributed by atoms with E-state index in [1.165, 1.54) is 24.8 Å². The Morgan fingerprint density at radius 2 is 2.07 bits per heavy atom. The topological polar surface area (TPSA) is 50.8 Å². The molecule has 2 aliphatic heterocycles. The number of rotatable bonds is 5. The van der Waals surface area contributed by atoms with Gasteiger partial charge in [0.05, 0.1) is 18.6 Å². The van der Waals surface area contributed by atoms with Gasteiger partial charge in [0.2, 0.25) is 5.91 Å². The highest BCUT2D eigenvalue weighted by Gasteiger charge is 2.51. The molecule has 1 spiro atoms. The highest BCUT2D eigenvalue weighted by molar-refractivity contribution is 5.85. The summed E-state index contributed by atoms with van der Waals surface area (Å²) >= 11 is 0. The van der Waals surface area contributed by atoms with E-state index < -0.39 is 0 Å². The minimum absolute atomic E-state index is 0.178. The number of benzene rings is 1. The molecule has 3 aliphatic rings. The first-order chi connectivity index (χ1) is 13.1. The maximum atomic E-state index is 13.6. The Labute approximate surface area is 162 Å². The van der Waals surface area contributed by atoms with E-state index in [0.29, 0.717) is 12.0 Å². The predicted octanol–water partition coefficient (Wildman–Crippen LogP) is 2.64.